The summed E-state index contributed by atoms with van der Waals surface area (Å²) in [4.78, 5) is 11.2. The summed E-state index contributed by atoms with van der Waals surface area (Å²) in [7, 11) is 0. The molecular weight excluding hydrogens is 321 g/mol. The maximum Gasteiger partial charge on any atom is 0.165 e. The molecule has 25 heavy (non-hydrogen) atoms. The van der Waals surface area contributed by atoms with Gasteiger partial charge in [-0.3, -0.25) is 4.90 Å². The summed E-state index contributed by atoms with van der Waals surface area (Å²) in [6.07, 6.45) is 0.810. The minimum Gasteiger partial charge on any atom is -0.490 e. The van der Waals surface area contributed by atoms with Crippen LogP contribution in [-0.4, -0.2) is 47.7 Å². The highest BCUT2D eigenvalue weighted by Crippen LogP contribution is 2.21. The van der Waals surface area contributed by atoms with Crippen molar-refractivity contribution in [2.24, 2.45) is 0 Å². The van der Waals surface area contributed by atoms with E-state index in [0.29, 0.717) is 19.0 Å². The molecule has 1 aliphatic rings. The first-order valence-corrected chi connectivity index (χ1v) is 8.65. The van der Waals surface area contributed by atoms with Crippen LogP contribution in [0.5, 0.6) is 5.75 Å². The lowest BCUT2D eigenvalue weighted by Gasteiger charge is -2.32. The Balaban J connectivity index is 1.48. The van der Waals surface area contributed by atoms with Gasteiger partial charge in [-0.25, -0.2) is 14.4 Å². The summed E-state index contributed by atoms with van der Waals surface area (Å²) in [6.45, 7) is 7.62. The Kier molecular flexibility index (Phi) is 5.94. The van der Waals surface area contributed by atoms with E-state index in [2.05, 4.69) is 14.9 Å². The molecule has 0 N–H and O–H groups in total. The molecule has 0 aliphatic carbocycles. The molecule has 0 unspecified atom stereocenters. The van der Waals surface area contributed by atoms with E-state index < -0.39 is 0 Å². The second-order valence-electron chi connectivity index (χ2n) is 6.27. The van der Waals surface area contributed by atoms with Gasteiger partial charge in [0.05, 0.1) is 18.9 Å². The maximum atomic E-state index is 13.5. The number of hydrogen-bond donors (Lipinski definition) is 0. The van der Waals surface area contributed by atoms with E-state index in [-0.39, 0.29) is 11.9 Å². The molecule has 0 amide bonds. The lowest BCUT2D eigenvalue weighted by atomic mass is 10.1. The van der Waals surface area contributed by atoms with Crippen molar-refractivity contribution in [3.05, 3.63) is 53.4 Å². The van der Waals surface area contributed by atoms with Crippen LogP contribution in [0.25, 0.3) is 0 Å². The number of para-hydroxylation sites is 1. The highest BCUT2D eigenvalue weighted by molar-refractivity contribution is 5.23. The lowest BCUT2D eigenvalue weighted by Crippen LogP contribution is -2.39. The molecule has 3 rings (SSSR count). The molecule has 1 aliphatic heterocycles. The van der Waals surface area contributed by atoms with E-state index in [1.807, 2.05) is 19.9 Å². The van der Waals surface area contributed by atoms with Crippen molar-refractivity contribution >= 4 is 0 Å². The number of aryl methyl sites for hydroxylation is 2. The Hall–Kier alpha value is -2.05. The van der Waals surface area contributed by atoms with Crippen LogP contribution < -0.4 is 4.74 Å². The van der Waals surface area contributed by atoms with Gasteiger partial charge in [-0.05, 0) is 38.5 Å². The van der Waals surface area contributed by atoms with Gasteiger partial charge in [-0.15, -0.1) is 0 Å². The number of nitrogens with zero attached hydrogens (tertiary/aromatic N) is 3. The van der Waals surface area contributed by atoms with Crippen LogP contribution in [0.2, 0.25) is 0 Å². The number of aromatic nitrogens is 2. The second-order valence-corrected chi connectivity index (χ2v) is 6.27. The van der Waals surface area contributed by atoms with Gasteiger partial charge in [0.2, 0.25) is 0 Å². The van der Waals surface area contributed by atoms with Gasteiger partial charge in [0.1, 0.15) is 11.9 Å². The van der Waals surface area contributed by atoms with Crippen molar-refractivity contribution in [3.8, 4) is 5.75 Å². The predicted octanol–water partition coefficient (Wildman–Crippen LogP) is 3.07. The molecular formula is C19H24FN3O2. The van der Waals surface area contributed by atoms with E-state index in [1.165, 1.54) is 6.07 Å². The highest BCUT2D eigenvalue weighted by atomic mass is 19.1. The van der Waals surface area contributed by atoms with Crippen LogP contribution in [0.3, 0.4) is 0 Å². The molecule has 0 saturated carbocycles. The molecule has 134 valence electrons. The van der Waals surface area contributed by atoms with Gasteiger partial charge in [0, 0.05) is 25.3 Å². The SMILES string of the molecule is Cc1cc([C@H]2CN(CCCOc3ccccc3F)CCO2)nc(C)n1. The van der Waals surface area contributed by atoms with E-state index >= 15 is 0 Å². The zero-order chi connectivity index (χ0) is 17.6. The largest absolute Gasteiger partial charge is 0.490 e. The van der Waals surface area contributed by atoms with Crippen molar-refractivity contribution in [1.29, 1.82) is 0 Å². The van der Waals surface area contributed by atoms with Crippen LogP contribution in [0, 0.1) is 19.7 Å². The Morgan fingerprint density at radius 3 is 2.92 bits per heavy atom. The molecule has 1 atom stereocenters. The predicted molar refractivity (Wildman–Crippen MR) is 93.2 cm³/mol. The minimum absolute atomic E-state index is 0.0263. The van der Waals surface area contributed by atoms with E-state index in [0.717, 1.165) is 43.3 Å². The Labute approximate surface area is 147 Å². The van der Waals surface area contributed by atoms with Gasteiger partial charge in [0.15, 0.2) is 11.6 Å². The number of halogens is 1. The molecule has 0 spiro atoms. The van der Waals surface area contributed by atoms with E-state index in [9.17, 15) is 4.39 Å². The van der Waals surface area contributed by atoms with Gasteiger partial charge < -0.3 is 9.47 Å². The summed E-state index contributed by atoms with van der Waals surface area (Å²) < 4.78 is 24.9. The van der Waals surface area contributed by atoms with Crippen LogP contribution in [-0.2, 0) is 4.74 Å². The zero-order valence-electron chi connectivity index (χ0n) is 14.7. The normalized spacial score (nSPS) is 18.3. The van der Waals surface area contributed by atoms with Crippen molar-refractivity contribution in [1.82, 2.24) is 14.9 Å². The van der Waals surface area contributed by atoms with Gasteiger partial charge >= 0.3 is 0 Å². The van der Waals surface area contributed by atoms with Crippen molar-refractivity contribution in [2.75, 3.05) is 32.8 Å². The first-order valence-electron chi connectivity index (χ1n) is 8.65. The highest BCUT2D eigenvalue weighted by Gasteiger charge is 2.23. The van der Waals surface area contributed by atoms with Gasteiger partial charge in [-0.1, -0.05) is 12.1 Å². The molecule has 2 aromatic rings. The second kappa shape index (κ2) is 8.36. The molecule has 6 heteroatoms. The van der Waals surface area contributed by atoms with Crippen molar-refractivity contribution in [3.63, 3.8) is 0 Å². The maximum absolute atomic E-state index is 13.5. The van der Waals surface area contributed by atoms with Crippen LogP contribution >= 0.6 is 0 Å². The summed E-state index contributed by atoms with van der Waals surface area (Å²) in [5.74, 6) is 0.770. The fraction of sp³-hybridized carbons (Fsp3) is 0.474. The first-order chi connectivity index (χ1) is 12.1. The molecule has 1 aromatic heterocycles. The topological polar surface area (TPSA) is 47.5 Å². The zero-order valence-corrected chi connectivity index (χ0v) is 14.7. The van der Waals surface area contributed by atoms with Crippen molar-refractivity contribution < 1.29 is 13.9 Å². The number of morpholine rings is 1. The molecule has 1 fully saturated rings. The van der Waals surface area contributed by atoms with Crippen LogP contribution in [0.1, 0.15) is 29.7 Å². The number of hydrogen-bond acceptors (Lipinski definition) is 5. The molecule has 1 aromatic carbocycles. The van der Waals surface area contributed by atoms with Crippen LogP contribution in [0.15, 0.2) is 30.3 Å². The molecule has 2 heterocycles. The fourth-order valence-electron chi connectivity index (χ4n) is 3.03. The lowest BCUT2D eigenvalue weighted by molar-refractivity contribution is -0.0332. The third-order valence-corrected chi connectivity index (χ3v) is 4.18. The summed E-state index contributed by atoms with van der Waals surface area (Å²) in [5.41, 5.74) is 1.90. The number of ether oxygens (including phenoxy) is 2. The molecule has 0 radical (unpaired) electrons. The standard InChI is InChI=1S/C19H24FN3O2/c1-14-12-17(22-15(2)21-14)19-13-23(9-11-25-19)8-5-10-24-18-7-4-3-6-16(18)20/h3-4,6-7,12,19H,5,8-11,13H2,1-2H3/t19-/m1/s1. The minimum atomic E-state index is -0.316. The average molecular weight is 345 g/mol. The number of benzene rings is 1. The fourth-order valence-corrected chi connectivity index (χ4v) is 3.03. The summed E-state index contributed by atoms with van der Waals surface area (Å²) >= 11 is 0. The van der Waals surface area contributed by atoms with Crippen molar-refractivity contribution in [2.45, 2.75) is 26.4 Å². The van der Waals surface area contributed by atoms with E-state index in [1.54, 1.807) is 18.2 Å². The molecule has 0 bridgehead atoms. The third-order valence-electron chi connectivity index (χ3n) is 4.18. The summed E-state index contributed by atoms with van der Waals surface area (Å²) in [5, 5.41) is 0. The Morgan fingerprint density at radius 2 is 2.12 bits per heavy atom. The Bertz CT molecular complexity index is 691. The van der Waals surface area contributed by atoms with Crippen LogP contribution in [0.4, 0.5) is 4.39 Å². The monoisotopic (exact) mass is 345 g/mol. The van der Waals surface area contributed by atoms with Gasteiger partial charge in [0.25, 0.3) is 0 Å². The first kappa shape index (κ1) is 17.8. The quantitative estimate of drug-likeness (QED) is 0.753. The third kappa shape index (κ3) is 4.96. The molecule has 5 nitrogen and oxygen atoms in total. The number of rotatable bonds is 6. The van der Waals surface area contributed by atoms with Gasteiger partial charge in [-0.2, -0.15) is 0 Å². The summed E-state index contributed by atoms with van der Waals surface area (Å²) in [6, 6.07) is 8.49. The smallest absolute Gasteiger partial charge is 0.165 e. The average Bonchev–Trinajstić information content (AvgIpc) is 2.59. The van der Waals surface area contributed by atoms with E-state index in [4.69, 9.17) is 9.47 Å². The Morgan fingerprint density at radius 1 is 1.28 bits per heavy atom. The molecule has 1 saturated heterocycles.